The molecule has 0 spiro atoms. The van der Waals surface area contributed by atoms with Gasteiger partial charge in [0.2, 0.25) is 0 Å². The molecule has 22 heavy (non-hydrogen) atoms. The highest BCUT2D eigenvalue weighted by atomic mass is 127. The van der Waals surface area contributed by atoms with Crippen LogP contribution in [0.4, 0.5) is 0 Å². The van der Waals surface area contributed by atoms with Gasteiger partial charge in [-0.05, 0) is 31.2 Å². The van der Waals surface area contributed by atoms with Gasteiger partial charge in [-0.2, -0.15) is 0 Å². The monoisotopic (exact) mass is 424 g/mol. The molecule has 0 amide bonds. The number of nitrogens with one attached hydrogen (secondary N) is 1. The average Bonchev–Trinajstić information content (AvgIpc) is 3.04. The number of hydrogen-bond donors (Lipinski definition) is 1. The predicted molar refractivity (Wildman–Crippen MR) is 103 cm³/mol. The van der Waals surface area contributed by atoms with E-state index in [2.05, 4.69) is 34.0 Å². The number of hydrogen-bond acceptors (Lipinski definition) is 3. The van der Waals surface area contributed by atoms with Gasteiger partial charge >= 0.3 is 0 Å². The first-order valence-electron chi connectivity index (χ1n) is 8.24. The van der Waals surface area contributed by atoms with Crippen molar-refractivity contribution in [2.24, 2.45) is 10.4 Å². The molecule has 0 aliphatic carbocycles. The van der Waals surface area contributed by atoms with Crippen molar-refractivity contribution in [2.75, 3.05) is 53.5 Å². The minimum Gasteiger partial charge on any atom is -0.383 e. The largest absolute Gasteiger partial charge is 0.383 e. The lowest BCUT2D eigenvalue weighted by atomic mass is 9.93. The lowest BCUT2D eigenvalue weighted by molar-refractivity contribution is 0.141. The second-order valence-electron chi connectivity index (χ2n) is 7.09. The molecule has 6 heteroatoms. The Labute approximate surface area is 152 Å². The Morgan fingerprint density at radius 1 is 1.36 bits per heavy atom. The highest BCUT2D eigenvalue weighted by Crippen LogP contribution is 2.28. The summed E-state index contributed by atoms with van der Waals surface area (Å²) in [5.41, 5.74) is 0.412. The summed E-state index contributed by atoms with van der Waals surface area (Å²) in [7, 11) is 3.67. The summed E-state index contributed by atoms with van der Waals surface area (Å²) < 4.78 is 5.21. The number of guanidine groups is 1. The second-order valence-corrected chi connectivity index (χ2v) is 7.09. The molecule has 2 aliphatic rings. The van der Waals surface area contributed by atoms with Gasteiger partial charge in [0.1, 0.15) is 0 Å². The zero-order valence-corrected chi connectivity index (χ0v) is 16.9. The maximum absolute atomic E-state index is 5.21. The molecule has 5 nitrogen and oxygen atoms in total. The smallest absolute Gasteiger partial charge is 0.193 e. The van der Waals surface area contributed by atoms with Crippen molar-refractivity contribution < 1.29 is 4.74 Å². The third kappa shape index (κ3) is 5.53. The lowest BCUT2D eigenvalue weighted by Gasteiger charge is -2.28. The normalized spacial score (nSPS) is 25.4. The van der Waals surface area contributed by atoms with Crippen LogP contribution in [0.15, 0.2) is 4.99 Å². The Morgan fingerprint density at radius 2 is 2.14 bits per heavy atom. The highest BCUT2D eigenvalue weighted by molar-refractivity contribution is 14.0. The van der Waals surface area contributed by atoms with E-state index < -0.39 is 0 Å². The van der Waals surface area contributed by atoms with Crippen molar-refractivity contribution in [1.29, 1.82) is 0 Å². The molecule has 1 unspecified atom stereocenters. The lowest BCUT2D eigenvalue weighted by Crippen LogP contribution is -2.46. The van der Waals surface area contributed by atoms with Crippen molar-refractivity contribution in [3.8, 4) is 0 Å². The van der Waals surface area contributed by atoms with Crippen LogP contribution in [0.3, 0.4) is 0 Å². The molecule has 130 valence electrons. The van der Waals surface area contributed by atoms with Gasteiger partial charge in [0.15, 0.2) is 5.96 Å². The zero-order chi connectivity index (χ0) is 15.3. The van der Waals surface area contributed by atoms with E-state index in [9.17, 15) is 0 Å². The zero-order valence-electron chi connectivity index (χ0n) is 14.6. The van der Waals surface area contributed by atoms with Crippen molar-refractivity contribution in [1.82, 2.24) is 15.1 Å². The first-order valence-corrected chi connectivity index (χ1v) is 8.24. The number of aliphatic imine (C=N–C) groups is 1. The molecule has 0 radical (unpaired) electrons. The Bertz CT molecular complexity index is 362. The van der Waals surface area contributed by atoms with E-state index in [1.54, 1.807) is 7.11 Å². The van der Waals surface area contributed by atoms with Crippen LogP contribution in [0.5, 0.6) is 0 Å². The average molecular weight is 424 g/mol. The van der Waals surface area contributed by atoms with E-state index in [4.69, 9.17) is 4.74 Å². The third-order valence-electron chi connectivity index (χ3n) is 4.77. The Kier molecular flexibility index (Phi) is 8.42. The fourth-order valence-corrected chi connectivity index (χ4v) is 3.46. The number of methoxy groups -OCH3 is 1. The first kappa shape index (κ1) is 20.0. The maximum Gasteiger partial charge on any atom is 0.193 e. The van der Waals surface area contributed by atoms with Crippen LogP contribution in [0.25, 0.3) is 0 Å². The number of ether oxygens (including phenoxy) is 1. The summed E-state index contributed by atoms with van der Waals surface area (Å²) in [6.45, 7) is 10.9. The van der Waals surface area contributed by atoms with Gasteiger partial charge in [0, 0.05) is 46.4 Å². The second kappa shape index (κ2) is 9.27. The molecular weight excluding hydrogens is 391 g/mol. The molecule has 2 saturated heterocycles. The van der Waals surface area contributed by atoms with Crippen LogP contribution >= 0.6 is 24.0 Å². The van der Waals surface area contributed by atoms with E-state index in [1.807, 2.05) is 7.05 Å². The van der Waals surface area contributed by atoms with Crippen molar-refractivity contribution in [3.63, 3.8) is 0 Å². The molecule has 1 atom stereocenters. The van der Waals surface area contributed by atoms with Crippen LogP contribution in [0, 0.1) is 5.41 Å². The number of nitrogens with zero attached hydrogens (tertiary/aromatic N) is 3. The highest BCUT2D eigenvalue weighted by Gasteiger charge is 2.31. The summed E-state index contributed by atoms with van der Waals surface area (Å²) in [6, 6.07) is 0.618. The molecule has 0 saturated carbocycles. The van der Waals surface area contributed by atoms with Crippen LogP contribution in [0.1, 0.15) is 33.1 Å². The molecule has 2 rings (SSSR count). The molecule has 2 heterocycles. The Hall–Kier alpha value is -0.0800. The van der Waals surface area contributed by atoms with E-state index in [1.165, 1.54) is 25.8 Å². The Balaban J connectivity index is 0.00000242. The van der Waals surface area contributed by atoms with Gasteiger partial charge in [-0.15, -0.1) is 24.0 Å². The maximum atomic E-state index is 5.21. The standard InChI is InChI=1S/C16H32N4O.HI/c1-16(2)7-9-20(13-16)15(17-3)18-12-14-6-5-8-19(14)10-11-21-4;/h14H,5-13H2,1-4H3,(H,17,18);1H. The van der Waals surface area contributed by atoms with Gasteiger partial charge in [0.05, 0.1) is 6.61 Å². The summed E-state index contributed by atoms with van der Waals surface area (Å²) in [6.07, 6.45) is 3.82. The first-order chi connectivity index (χ1) is 10.1. The summed E-state index contributed by atoms with van der Waals surface area (Å²) in [5.74, 6) is 1.07. The molecule has 0 aromatic carbocycles. The van der Waals surface area contributed by atoms with E-state index in [0.29, 0.717) is 11.5 Å². The quantitative estimate of drug-likeness (QED) is 0.417. The van der Waals surface area contributed by atoms with Crippen molar-refractivity contribution >= 4 is 29.9 Å². The van der Waals surface area contributed by atoms with Crippen molar-refractivity contribution in [2.45, 2.75) is 39.2 Å². The minimum atomic E-state index is 0. The Morgan fingerprint density at radius 3 is 2.73 bits per heavy atom. The minimum absolute atomic E-state index is 0. The van der Waals surface area contributed by atoms with Gasteiger partial charge in [0.25, 0.3) is 0 Å². The van der Waals surface area contributed by atoms with Crippen LogP contribution < -0.4 is 5.32 Å². The summed E-state index contributed by atoms with van der Waals surface area (Å²) >= 11 is 0. The summed E-state index contributed by atoms with van der Waals surface area (Å²) in [4.78, 5) is 9.41. The van der Waals surface area contributed by atoms with Crippen LogP contribution in [-0.4, -0.2) is 75.3 Å². The topological polar surface area (TPSA) is 40.1 Å². The van der Waals surface area contributed by atoms with Gasteiger partial charge in [-0.25, -0.2) is 0 Å². The summed E-state index contributed by atoms with van der Waals surface area (Å²) in [5, 5.41) is 3.59. The van der Waals surface area contributed by atoms with Gasteiger partial charge < -0.3 is 15.0 Å². The van der Waals surface area contributed by atoms with E-state index >= 15 is 0 Å². The number of likely N-dealkylation sites (tertiary alicyclic amines) is 2. The molecule has 0 aromatic rings. The molecule has 1 N–H and O–H groups in total. The fourth-order valence-electron chi connectivity index (χ4n) is 3.46. The fraction of sp³-hybridized carbons (Fsp3) is 0.938. The third-order valence-corrected chi connectivity index (χ3v) is 4.77. The van der Waals surface area contributed by atoms with E-state index in [-0.39, 0.29) is 24.0 Å². The molecule has 2 fully saturated rings. The number of rotatable bonds is 5. The molecule has 0 aromatic heterocycles. The molecular formula is C16H33IN4O. The van der Waals surface area contributed by atoms with Crippen LogP contribution in [0.2, 0.25) is 0 Å². The van der Waals surface area contributed by atoms with Gasteiger partial charge in [-0.3, -0.25) is 9.89 Å². The molecule has 2 aliphatic heterocycles. The number of halogens is 1. The van der Waals surface area contributed by atoms with Crippen LogP contribution in [-0.2, 0) is 4.74 Å². The van der Waals surface area contributed by atoms with Crippen molar-refractivity contribution in [3.05, 3.63) is 0 Å². The molecule has 0 bridgehead atoms. The van der Waals surface area contributed by atoms with E-state index in [0.717, 1.165) is 38.7 Å². The SMILES string of the molecule is CN=C(NCC1CCCN1CCOC)N1CCC(C)(C)C1.I. The predicted octanol–water partition coefficient (Wildman–Crippen LogP) is 2.02. The van der Waals surface area contributed by atoms with Gasteiger partial charge in [-0.1, -0.05) is 13.8 Å².